The fourth-order valence-electron chi connectivity index (χ4n) is 2.35. The van der Waals surface area contributed by atoms with Gasteiger partial charge >= 0.3 is 5.69 Å². The predicted molar refractivity (Wildman–Crippen MR) is 68.3 cm³/mol. The minimum atomic E-state index is -0.503. The quantitative estimate of drug-likeness (QED) is 0.633. The predicted octanol–water partition coefficient (Wildman–Crippen LogP) is 1.59. The molecule has 7 heteroatoms. The summed E-state index contributed by atoms with van der Waals surface area (Å²) >= 11 is 0. The second-order valence-corrected chi connectivity index (χ2v) is 4.87. The van der Waals surface area contributed by atoms with E-state index in [4.69, 9.17) is 5.73 Å². The number of piperidine rings is 1. The van der Waals surface area contributed by atoms with Crippen LogP contribution in [0.5, 0.6) is 0 Å². The van der Waals surface area contributed by atoms with Crippen molar-refractivity contribution in [1.82, 2.24) is 9.97 Å². The lowest BCUT2D eigenvalue weighted by atomic mass is 9.95. The molecule has 1 fully saturated rings. The Hall–Kier alpha value is -1.92. The average Bonchev–Trinajstić information content (AvgIpc) is 2.31. The summed E-state index contributed by atoms with van der Waals surface area (Å²) in [5, 5.41) is 11.1. The molecule has 1 aliphatic rings. The largest absolute Gasteiger partial charge is 0.378 e. The highest BCUT2D eigenvalue weighted by atomic mass is 16.6. The number of nitrogen functional groups attached to an aromatic ring is 1. The molecule has 18 heavy (non-hydrogen) atoms. The van der Waals surface area contributed by atoms with Crippen LogP contribution in [0.3, 0.4) is 0 Å². The first-order valence-electron chi connectivity index (χ1n) is 6.02. The molecule has 0 aromatic carbocycles. The Morgan fingerprint density at radius 1 is 1.44 bits per heavy atom. The lowest BCUT2D eigenvalue weighted by Gasteiger charge is -2.37. The standard InChI is InChI=1S/C11H17N5O2/c1-7-3-4-8(2)15(5-7)11-9(16(17)18)10(12)13-6-14-11/h6-8H,3-5H2,1-2H3,(H2,12,13,14). The number of hydrogen-bond acceptors (Lipinski definition) is 6. The maximum atomic E-state index is 11.1. The molecule has 0 saturated carbocycles. The third kappa shape index (κ3) is 2.20. The minimum absolute atomic E-state index is 0.0737. The summed E-state index contributed by atoms with van der Waals surface area (Å²) < 4.78 is 0. The number of aromatic nitrogens is 2. The van der Waals surface area contributed by atoms with Crippen molar-refractivity contribution in [3.63, 3.8) is 0 Å². The van der Waals surface area contributed by atoms with Gasteiger partial charge in [-0.25, -0.2) is 9.97 Å². The summed E-state index contributed by atoms with van der Waals surface area (Å²) in [6, 6.07) is 0.231. The SMILES string of the molecule is CC1CCC(C)N(c2ncnc(N)c2[N+](=O)[O-])C1. The zero-order chi connectivity index (χ0) is 13.3. The maximum Gasteiger partial charge on any atom is 0.353 e. The minimum Gasteiger partial charge on any atom is -0.378 e. The van der Waals surface area contributed by atoms with Gasteiger partial charge in [0.05, 0.1) is 4.92 Å². The molecule has 1 saturated heterocycles. The molecule has 0 amide bonds. The van der Waals surface area contributed by atoms with Crippen molar-refractivity contribution in [1.29, 1.82) is 0 Å². The van der Waals surface area contributed by atoms with Gasteiger partial charge in [0.1, 0.15) is 6.33 Å². The van der Waals surface area contributed by atoms with Gasteiger partial charge in [-0.2, -0.15) is 0 Å². The summed E-state index contributed by atoms with van der Waals surface area (Å²) in [6.45, 7) is 4.95. The highest BCUT2D eigenvalue weighted by Crippen LogP contribution is 2.34. The number of nitrogens with two attached hydrogens (primary N) is 1. The van der Waals surface area contributed by atoms with Gasteiger partial charge in [0.15, 0.2) is 0 Å². The Kier molecular flexibility index (Phi) is 3.31. The van der Waals surface area contributed by atoms with Crippen LogP contribution >= 0.6 is 0 Å². The van der Waals surface area contributed by atoms with Crippen molar-refractivity contribution in [2.24, 2.45) is 5.92 Å². The molecule has 1 aromatic heterocycles. The fraction of sp³-hybridized carbons (Fsp3) is 0.636. The van der Waals surface area contributed by atoms with Crippen LogP contribution in [0.4, 0.5) is 17.3 Å². The zero-order valence-electron chi connectivity index (χ0n) is 10.5. The van der Waals surface area contributed by atoms with E-state index in [9.17, 15) is 10.1 Å². The topological polar surface area (TPSA) is 98.2 Å². The Balaban J connectivity index is 2.43. The lowest BCUT2D eigenvalue weighted by Crippen LogP contribution is -2.42. The normalized spacial score (nSPS) is 24.0. The number of rotatable bonds is 2. The average molecular weight is 251 g/mol. The molecule has 1 aromatic rings. The first-order chi connectivity index (χ1) is 8.50. The van der Waals surface area contributed by atoms with E-state index in [0.29, 0.717) is 11.7 Å². The lowest BCUT2D eigenvalue weighted by molar-refractivity contribution is -0.383. The van der Waals surface area contributed by atoms with E-state index in [-0.39, 0.29) is 17.5 Å². The number of nitrogens with zero attached hydrogens (tertiary/aromatic N) is 4. The van der Waals surface area contributed by atoms with Crippen molar-refractivity contribution < 1.29 is 4.92 Å². The molecule has 2 unspecified atom stereocenters. The fourth-order valence-corrected chi connectivity index (χ4v) is 2.35. The smallest absolute Gasteiger partial charge is 0.353 e. The second-order valence-electron chi connectivity index (χ2n) is 4.87. The molecular formula is C11H17N5O2. The van der Waals surface area contributed by atoms with Gasteiger partial charge in [-0.15, -0.1) is 0 Å². The van der Waals surface area contributed by atoms with E-state index in [1.54, 1.807) is 0 Å². The molecule has 2 rings (SSSR count). The monoisotopic (exact) mass is 251 g/mol. The second kappa shape index (κ2) is 4.75. The highest BCUT2D eigenvalue weighted by Gasteiger charge is 2.31. The molecule has 0 aliphatic carbocycles. The van der Waals surface area contributed by atoms with Crippen LogP contribution in [0.1, 0.15) is 26.7 Å². The van der Waals surface area contributed by atoms with Crippen LogP contribution in [0.25, 0.3) is 0 Å². The zero-order valence-corrected chi connectivity index (χ0v) is 10.5. The van der Waals surface area contributed by atoms with Crippen molar-refractivity contribution >= 4 is 17.3 Å². The Morgan fingerprint density at radius 2 is 2.17 bits per heavy atom. The van der Waals surface area contributed by atoms with Crippen LogP contribution in [0.2, 0.25) is 0 Å². The van der Waals surface area contributed by atoms with E-state index in [0.717, 1.165) is 19.4 Å². The van der Waals surface area contributed by atoms with Crippen LogP contribution < -0.4 is 10.6 Å². The molecule has 0 radical (unpaired) electrons. The highest BCUT2D eigenvalue weighted by molar-refractivity contribution is 5.68. The molecule has 0 bridgehead atoms. The summed E-state index contributed by atoms with van der Waals surface area (Å²) in [4.78, 5) is 20.3. The van der Waals surface area contributed by atoms with E-state index in [2.05, 4.69) is 16.9 Å². The van der Waals surface area contributed by atoms with Gasteiger partial charge in [0.25, 0.3) is 0 Å². The summed E-state index contributed by atoms with van der Waals surface area (Å²) in [5.74, 6) is 0.763. The van der Waals surface area contributed by atoms with Crippen LogP contribution in [-0.2, 0) is 0 Å². The number of anilines is 2. The third-order valence-electron chi connectivity index (χ3n) is 3.40. The van der Waals surface area contributed by atoms with Crippen LogP contribution in [0, 0.1) is 16.0 Å². The van der Waals surface area contributed by atoms with Crippen molar-refractivity contribution in [3.8, 4) is 0 Å². The first kappa shape index (κ1) is 12.5. The Labute approximate surface area is 105 Å². The first-order valence-corrected chi connectivity index (χ1v) is 6.02. The van der Waals surface area contributed by atoms with Gasteiger partial charge in [-0.3, -0.25) is 10.1 Å². The Morgan fingerprint density at radius 3 is 2.83 bits per heavy atom. The van der Waals surface area contributed by atoms with Crippen LogP contribution in [-0.4, -0.2) is 27.5 Å². The molecule has 2 atom stereocenters. The van der Waals surface area contributed by atoms with Gasteiger partial charge in [-0.05, 0) is 25.7 Å². The molecule has 2 heterocycles. The van der Waals surface area contributed by atoms with Crippen molar-refractivity contribution in [3.05, 3.63) is 16.4 Å². The third-order valence-corrected chi connectivity index (χ3v) is 3.40. The van der Waals surface area contributed by atoms with E-state index < -0.39 is 4.92 Å². The maximum absolute atomic E-state index is 11.1. The van der Waals surface area contributed by atoms with Crippen molar-refractivity contribution in [2.45, 2.75) is 32.7 Å². The molecule has 7 nitrogen and oxygen atoms in total. The van der Waals surface area contributed by atoms with Gasteiger partial charge in [-0.1, -0.05) is 6.92 Å². The Bertz CT molecular complexity index is 465. The molecule has 98 valence electrons. The van der Waals surface area contributed by atoms with E-state index in [1.165, 1.54) is 6.33 Å². The molecule has 1 aliphatic heterocycles. The van der Waals surface area contributed by atoms with Gasteiger partial charge in [0, 0.05) is 12.6 Å². The molecule has 2 N–H and O–H groups in total. The van der Waals surface area contributed by atoms with Crippen molar-refractivity contribution in [2.75, 3.05) is 17.2 Å². The summed E-state index contributed by atoms with van der Waals surface area (Å²) in [7, 11) is 0. The number of nitro groups is 1. The number of hydrogen-bond donors (Lipinski definition) is 1. The molecular weight excluding hydrogens is 234 g/mol. The van der Waals surface area contributed by atoms with Gasteiger partial charge < -0.3 is 10.6 Å². The van der Waals surface area contributed by atoms with Gasteiger partial charge in [0.2, 0.25) is 11.6 Å². The van der Waals surface area contributed by atoms with Crippen LogP contribution in [0.15, 0.2) is 6.33 Å². The van der Waals surface area contributed by atoms with E-state index in [1.807, 2.05) is 11.8 Å². The molecule has 0 spiro atoms. The summed E-state index contributed by atoms with van der Waals surface area (Å²) in [5.41, 5.74) is 5.41. The summed E-state index contributed by atoms with van der Waals surface area (Å²) in [6.07, 6.45) is 3.41. The van der Waals surface area contributed by atoms with E-state index >= 15 is 0 Å².